The van der Waals surface area contributed by atoms with Crippen LogP contribution in [0.2, 0.25) is 0 Å². The molecule has 1 aliphatic rings. The first kappa shape index (κ1) is 16.2. The predicted molar refractivity (Wildman–Crippen MR) is 88.4 cm³/mol. The summed E-state index contributed by atoms with van der Waals surface area (Å²) in [5, 5.41) is 10.1. The smallest absolute Gasteiger partial charge is 0.310 e. The number of hydrogen-bond acceptors (Lipinski definition) is 4. The Balaban J connectivity index is 1.86. The number of ether oxygens (including phenoxy) is 1. The van der Waals surface area contributed by atoms with E-state index < -0.39 is 12.0 Å². The van der Waals surface area contributed by atoms with Crippen LogP contribution in [0.3, 0.4) is 0 Å². The number of fused-ring (bicyclic) bond motifs is 1. The van der Waals surface area contributed by atoms with Gasteiger partial charge in [-0.25, -0.2) is 0 Å². The Hall–Kier alpha value is -2.63. The monoisotopic (exact) mass is 327 g/mol. The molecule has 1 heterocycles. The lowest BCUT2D eigenvalue weighted by Crippen LogP contribution is -2.36. The van der Waals surface area contributed by atoms with Gasteiger partial charge in [0.05, 0.1) is 19.1 Å². The van der Waals surface area contributed by atoms with Crippen molar-refractivity contribution in [2.45, 2.75) is 32.2 Å². The summed E-state index contributed by atoms with van der Waals surface area (Å²) in [5.74, 6) is -1.14. The zero-order valence-corrected chi connectivity index (χ0v) is 13.8. The van der Waals surface area contributed by atoms with Crippen LogP contribution < -0.4 is 5.32 Å². The van der Waals surface area contributed by atoms with Crippen LogP contribution in [0.25, 0.3) is 0 Å². The van der Waals surface area contributed by atoms with Crippen molar-refractivity contribution in [2.75, 3.05) is 7.11 Å². The first-order valence-electron chi connectivity index (χ1n) is 8.11. The van der Waals surface area contributed by atoms with Crippen molar-refractivity contribution >= 4 is 11.9 Å². The van der Waals surface area contributed by atoms with Crippen LogP contribution in [0.4, 0.5) is 0 Å². The second-order valence-electron chi connectivity index (χ2n) is 6.06. The Morgan fingerprint density at radius 2 is 2.00 bits per heavy atom. The van der Waals surface area contributed by atoms with E-state index in [4.69, 9.17) is 4.74 Å². The molecule has 1 aromatic carbocycles. The van der Waals surface area contributed by atoms with Crippen molar-refractivity contribution < 1.29 is 14.3 Å². The highest BCUT2D eigenvalue weighted by atomic mass is 16.5. The lowest BCUT2D eigenvalue weighted by atomic mass is 9.94. The molecular weight excluding hydrogens is 306 g/mol. The minimum Gasteiger partial charge on any atom is -0.469 e. The molecule has 2 atom stereocenters. The molecule has 1 aromatic heterocycles. The van der Waals surface area contributed by atoms with E-state index >= 15 is 0 Å². The summed E-state index contributed by atoms with van der Waals surface area (Å²) >= 11 is 0. The van der Waals surface area contributed by atoms with Gasteiger partial charge >= 0.3 is 5.97 Å². The third kappa shape index (κ3) is 3.04. The SMILES string of the molecule is COC(=O)[C@H](C)[C@H](NC(=O)c1n[nH]c2c1CCC2)c1ccccc1. The van der Waals surface area contributed by atoms with Gasteiger partial charge in [-0.1, -0.05) is 30.3 Å². The molecule has 0 saturated heterocycles. The number of nitrogens with one attached hydrogen (secondary N) is 2. The number of methoxy groups -OCH3 is 1. The van der Waals surface area contributed by atoms with Crippen LogP contribution in [0.15, 0.2) is 30.3 Å². The van der Waals surface area contributed by atoms with E-state index in [0.29, 0.717) is 5.69 Å². The maximum atomic E-state index is 12.7. The number of aromatic amines is 1. The minimum absolute atomic E-state index is 0.265. The van der Waals surface area contributed by atoms with E-state index in [-0.39, 0.29) is 11.9 Å². The zero-order chi connectivity index (χ0) is 17.1. The molecule has 0 fully saturated rings. The minimum atomic E-state index is -0.506. The molecule has 24 heavy (non-hydrogen) atoms. The van der Waals surface area contributed by atoms with Gasteiger partial charge in [-0.05, 0) is 31.7 Å². The molecule has 3 rings (SSSR count). The average molecular weight is 327 g/mol. The number of aromatic nitrogens is 2. The quantitative estimate of drug-likeness (QED) is 0.825. The van der Waals surface area contributed by atoms with E-state index in [1.807, 2.05) is 30.3 Å². The standard InChI is InChI=1S/C18H21N3O3/c1-11(18(23)24-2)15(12-7-4-3-5-8-12)19-17(22)16-13-9-6-10-14(13)20-21-16/h3-5,7-8,11,15H,6,9-10H2,1-2H3,(H,19,22)(H,20,21)/t11-,15+/m1/s1. The Kier molecular flexibility index (Phi) is 4.64. The van der Waals surface area contributed by atoms with Gasteiger partial charge in [-0.2, -0.15) is 5.10 Å². The first-order chi connectivity index (χ1) is 11.6. The fraction of sp³-hybridized carbons (Fsp3) is 0.389. The van der Waals surface area contributed by atoms with Gasteiger partial charge in [-0.3, -0.25) is 14.7 Å². The second-order valence-corrected chi connectivity index (χ2v) is 6.06. The number of rotatable bonds is 5. The van der Waals surface area contributed by atoms with Gasteiger partial charge in [0.2, 0.25) is 0 Å². The van der Waals surface area contributed by atoms with E-state index in [2.05, 4.69) is 15.5 Å². The van der Waals surface area contributed by atoms with Crippen molar-refractivity contribution in [3.63, 3.8) is 0 Å². The normalized spacial score (nSPS) is 15.4. The third-order valence-corrected chi connectivity index (χ3v) is 4.54. The van der Waals surface area contributed by atoms with E-state index in [1.54, 1.807) is 6.92 Å². The highest BCUT2D eigenvalue weighted by Crippen LogP contribution is 2.26. The molecule has 1 amide bonds. The predicted octanol–water partition coefficient (Wildman–Crippen LogP) is 2.18. The number of carbonyl (C=O) groups is 2. The van der Waals surface area contributed by atoms with E-state index in [0.717, 1.165) is 36.1 Å². The van der Waals surface area contributed by atoms with Crippen LogP contribution in [0, 0.1) is 5.92 Å². The maximum Gasteiger partial charge on any atom is 0.310 e. The van der Waals surface area contributed by atoms with Crippen LogP contribution in [0.1, 0.15) is 46.7 Å². The molecule has 2 N–H and O–H groups in total. The van der Waals surface area contributed by atoms with Gasteiger partial charge in [-0.15, -0.1) is 0 Å². The average Bonchev–Trinajstić information content (AvgIpc) is 3.22. The number of nitrogens with zero attached hydrogens (tertiary/aromatic N) is 1. The lowest BCUT2D eigenvalue weighted by Gasteiger charge is -2.23. The Labute approximate surface area is 140 Å². The van der Waals surface area contributed by atoms with Gasteiger partial charge in [0.15, 0.2) is 5.69 Å². The number of esters is 1. The number of aryl methyl sites for hydroxylation is 1. The molecule has 6 heteroatoms. The van der Waals surface area contributed by atoms with Crippen LogP contribution in [-0.2, 0) is 22.4 Å². The highest BCUT2D eigenvalue weighted by Gasteiger charge is 2.30. The van der Waals surface area contributed by atoms with Gasteiger partial charge in [0.1, 0.15) is 0 Å². The molecule has 0 saturated carbocycles. The van der Waals surface area contributed by atoms with Crippen molar-refractivity contribution in [2.24, 2.45) is 5.92 Å². The molecular formula is C18H21N3O3. The van der Waals surface area contributed by atoms with Gasteiger partial charge in [0, 0.05) is 11.3 Å². The molecule has 6 nitrogen and oxygen atoms in total. The van der Waals surface area contributed by atoms with Crippen LogP contribution in [0.5, 0.6) is 0 Å². The zero-order valence-electron chi connectivity index (χ0n) is 13.8. The maximum absolute atomic E-state index is 12.7. The second kappa shape index (κ2) is 6.86. The molecule has 0 aliphatic heterocycles. The molecule has 0 radical (unpaired) electrons. The number of H-pyrrole nitrogens is 1. The van der Waals surface area contributed by atoms with Gasteiger partial charge in [0.25, 0.3) is 5.91 Å². The molecule has 2 aromatic rings. The summed E-state index contributed by atoms with van der Waals surface area (Å²) in [6.07, 6.45) is 2.82. The summed E-state index contributed by atoms with van der Waals surface area (Å²) in [5.41, 5.74) is 3.32. The Morgan fingerprint density at radius 1 is 1.25 bits per heavy atom. The van der Waals surface area contributed by atoms with Crippen molar-refractivity contribution in [3.8, 4) is 0 Å². The number of carbonyl (C=O) groups excluding carboxylic acids is 2. The van der Waals surface area contributed by atoms with Crippen molar-refractivity contribution in [1.29, 1.82) is 0 Å². The summed E-state index contributed by atoms with van der Waals surface area (Å²) < 4.78 is 4.85. The van der Waals surface area contributed by atoms with Crippen molar-refractivity contribution in [1.82, 2.24) is 15.5 Å². The summed E-state index contributed by atoms with van der Waals surface area (Å²) in [4.78, 5) is 24.7. The Bertz CT molecular complexity index is 739. The van der Waals surface area contributed by atoms with E-state index in [1.165, 1.54) is 7.11 Å². The molecule has 1 aliphatic carbocycles. The first-order valence-corrected chi connectivity index (χ1v) is 8.11. The fourth-order valence-corrected chi connectivity index (χ4v) is 3.20. The topological polar surface area (TPSA) is 84.1 Å². The number of hydrogen-bond donors (Lipinski definition) is 2. The molecule has 0 unspecified atom stereocenters. The largest absolute Gasteiger partial charge is 0.469 e. The lowest BCUT2D eigenvalue weighted by molar-refractivity contribution is -0.145. The fourth-order valence-electron chi connectivity index (χ4n) is 3.20. The summed E-state index contributed by atoms with van der Waals surface area (Å²) in [6, 6.07) is 8.96. The summed E-state index contributed by atoms with van der Waals surface area (Å²) in [7, 11) is 1.35. The van der Waals surface area contributed by atoms with Gasteiger partial charge < -0.3 is 10.1 Å². The van der Waals surface area contributed by atoms with Crippen molar-refractivity contribution in [3.05, 3.63) is 52.8 Å². The molecule has 126 valence electrons. The Morgan fingerprint density at radius 3 is 2.71 bits per heavy atom. The molecule has 0 bridgehead atoms. The number of benzene rings is 1. The highest BCUT2D eigenvalue weighted by molar-refractivity contribution is 5.94. The molecule has 0 spiro atoms. The number of amides is 1. The van der Waals surface area contributed by atoms with Crippen LogP contribution in [-0.4, -0.2) is 29.2 Å². The van der Waals surface area contributed by atoms with Crippen LogP contribution >= 0.6 is 0 Å². The third-order valence-electron chi connectivity index (χ3n) is 4.54. The van der Waals surface area contributed by atoms with E-state index in [9.17, 15) is 9.59 Å². The summed E-state index contributed by atoms with van der Waals surface area (Å²) in [6.45, 7) is 1.75.